The third-order valence-electron chi connectivity index (χ3n) is 5.36. The quantitative estimate of drug-likeness (QED) is 0.817. The molecule has 0 atom stereocenters. The van der Waals surface area contributed by atoms with E-state index in [1.54, 1.807) is 18.9 Å². The first-order valence-electron chi connectivity index (χ1n) is 9.42. The molecule has 1 heterocycles. The number of ether oxygens (including phenoxy) is 1. The Hall–Kier alpha value is -2.82. The van der Waals surface area contributed by atoms with Crippen LogP contribution in [0.25, 0.3) is 0 Å². The van der Waals surface area contributed by atoms with Crippen molar-refractivity contribution in [3.8, 4) is 5.75 Å². The highest BCUT2D eigenvalue weighted by molar-refractivity contribution is 5.98. The molecule has 2 aromatic rings. The van der Waals surface area contributed by atoms with Crippen molar-refractivity contribution in [2.24, 2.45) is 0 Å². The maximum Gasteiger partial charge on any atom is 0.254 e. The lowest BCUT2D eigenvalue weighted by Crippen LogP contribution is -2.32. The number of hydrogen-bond donors (Lipinski definition) is 0. The first-order chi connectivity index (χ1) is 13.1. The Bertz CT molecular complexity index is 872. The highest BCUT2D eigenvalue weighted by Gasteiger charge is 2.33. The second kappa shape index (κ2) is 7.06. The highest BCUT2D eigenvalue weighted by atomic mass is 16.5. The Morgan fingerprint density at radius 3 is 2.52 bits per heavy atom. The van der Waals surface area contributed by atoms with Crippen LogP contribution in [0.4, 0.5) is 5.69 Å². The molecule has 0 bridgehead atoms. The molecule has 2 aliphatic rings. The number of hydrogen-bond acceptors (Lipinski definition) is 3. The number of benzene rings is 2. The Morgan fingerprint density at radius 1 is 1.15 bits per heavy atom. The maximum atomic E-state index is 13.2. The zero-order valence-electron chi connectivity index (χ0n) is 15.8. The van der Waals surface area contributed by atoms with Crippen molar-refractivity contribution >= 4 is 17.5 Å². The van der Waals surface area contributed by atoms with Crippen molar-refractivity contribution in [2.45, 2.75) is 38.8 Å². The Balaban J connectivity index is 1.55. The van der Waals surface area contributed by atoms with Crippen molar-refractivity contribution in [3.05, 3.63) is 59.2 Å². The second-order valence-corrected chi connectivity index (χ2v) is 7.28. The molecule has 2 aromatic carbocycles. The molecule has 4 rings (SSSR count). The minimum Gasteiger partial charge on any atom is -0.497 e. The van der Waals surface area contributed by atoms with Gasteiger partial charge >= 0.3 is 0 Å². The molecular formula is C22H24N2O3. The van der Waals surface area contributed by atoms with E-state index in [9.17, 15) is 9.59 Å². The zero-order chi connectivity index (χ0) is 19.0. The van der Waals surface area contributed by atoms with Crippen LogP contribution in [0.1, 0.15) is 41.3 Å². The normalized spacial score (nSPS) is 15.4. The van der Waals surface area contributed by atoms with Crippen molar-refractivity contribution < 1.29 is 14.3 Å². The summed E-state index contributed by atoms with van der Waals surface area (Å²) in [4.78, 5) is 28.7. The molecule has 140 valence electrons. The third-order valence-corrected chi connectivity index (χ3v) is 5.36. The summed E-state index contributed by atoms with van der Waals surface area (Å²) in [5.74, 6) is 0.932. The van der Waals surface area contributed by atoms with Gasteiger partial charge in [-0.2, -0.15) is 0 Å². The van der Waals surface area contributed by atoms with E-state index in [1.807, 2.05) is 47.4 Å². The lowest BCUT2D eigenvalue weighted by Gasteiger charge is -2.23. The fourth-order valence-electron chi connectivity index (χ4n) is 3.71. The van der Waals surface area contributed by atoms with E-state index in [2.05, 4.69) is 0 Å². The standard InChI is InChI=1S/C22H24N2O3/c1-15(25)23-12-11-17-13-18(5-10-21(17)23)22(26)24(19-6-7-19)14-16-3-8-20(27-2)9-4-16/h3-5,8-10,13,19H,6-7,11-12,14H2,1-2H3. The van der Waals surface area contributed by atoms with Crippen LogP contribution >= 0.6 is 0 Å². The molecule has 0 spiro atoms. The van der Waals surface area contributed by atoms with Gasteiger partial charge in [-0.1, -0.05) is 12.1 Å². The summed E-state index contributed by atoms with van der Waals surface area (Å²) in [6, 6.07) is 13.9. The van der Waals surface area contributed by atoms with Gasteiger partial charge in [-0.15, -0.1) is 0 Å². The molecule has 0 saturated heterocycles. The Labute approximate surface area is 159 Å². The number of carbonyl (C=O) groups excluding carboxylic acids is 2. The molecular weight excluding hydrogens is 340 g/mol. The first kappa shape index (κ1) is 17.6. The summed E-state index contributed by atoms with van der Waals surface area (Å²) in [6.07, 6.45) is 2.92. The fraction of sp³-hybridized carbons (Fsp3) is 0.364. The van der Waals surface area contributed by atoms with Gasteiger partial charge in [-0.05, 0) is 60.7 Å². The van der Waals surface area contributed by atoms with Crippen LogP contribution < -0.4 is 9.64 Å². The molecule has 1 aliphatic heterocycles. The molecule has 0 aromatic heterocycles. The number of fused-ring (bicyclic) bond motifs is 1. The van der Waals surface area contributed by atoms with Crippen molar-refractivity contribution in [1.82, 2.24) is 4.90 Å². The molecule has 1 fully saturated rings. The van der Waals surface area contributed by atoms with Crippen LogP contribution in [0.15, 0.2) is 42.5 Å². The van der Waals surface area contributed by atoms with Gasteiger partial charge in [0.05, 0.1) is 7.11 Å². The lowest BCUT2D eigenvalue weighted by atomic mass is 10.1. The highest BCUT2D eigenvalue weighted by Crippen LogP contribution is 2.33. The molecule has 5 heteroatoms. The fourth-order valence-corrected chi connectivity index (χ4v) is 3.71. The van der Waals surface area contributed by atoms with E-state index < -0.39 is 0 Å². The maximum absolute atomic E-state index is 13.2. The van der Waals surface area contributed by atoms with Crippen LogP contribution in [0.5, 0.6) is 5.75 Å². The van der Waals surface area contributed by atoms with Gasteiger partial charge in [0.1, 0.15) is 5.75 Å². The van der Waals surface area contributed by atoms with Crippen LogP contribution in [-0.4, -0.2) is 36.4 Å². The summed E-state index contributed by atoms with van der Waals surface area (Å²) < 4.78 is 5.21. The van der Waals surface area contributed by atoms with Gasteiger partial charge in [0.15, 0.2) is 0 Å². The molecule has 27 heavy (non-hydrogen) atoms. The van der Waals surface area contributed by atoms with Crippen molar-refractivity contribution in [1.29, 1.82) is 0 Å². The summed E-state index contributed by atoms with van der Waals surface area (Å²) in [5.41, 5.74) is 3.82. The predicted octanol–water partition coefficient (Wildman–Crippen LogP) is 3.41. The molecule has 2 amide bonds. The molecule has 0 N–H and O–H groups in total. The minimum atomic E-state index is 0.0481. The van der Waals surface area contributed by atoms with Gasteiger partial charge in [0, 0.05) is 37.3 Å². The van der Waals surface area contributed by atoms with Gasteiger partial charge in [0.25, 0.3) is 5.91 Å². The van der Waals surface area contributed by atoms with Crippen LogP contribution in [0.2, 0.25) is 0 Å². The van der Waals surface area contributed by atoms with Gasteiger partial charge < -0.3 is 14.5 Å². The van der Waals surface area contributed by atoms with E-state index in [1.165, 1.54) is 0 Å². The number of rotatable bonds is 5. The number of anilines is 1. The summed E-state index contributed by atoms with van der Waals surface area (Å²) >= 11 is 0. The molecule has 0 unspecified atom stereocenters. The molecule has 1 aliphatic carbocycles. The monoisotopic (exact) mass is 364 g/mol. The van der Waals surface area contributed by atoms with Crippen LogP contribution in [0.3, 0.4) is 0 Å². The average molecular weight is 364 g/mol. The second-order valence-electron chi connectivity index (χ2n) is 7.28. The van der Waals surface area contributed by atoms with Crippen molar-refractivity contribution in [2.75, 3.05) is 18.6 Å². The smallest absolute Gasteiger partial charge is 0.254 e. The predicted molar refractivity (Wildman–Crippen MR) is 104 cm³/mol. The van der Waals surface area contributed by atoms with Crippen LogP contribution in [0, 0.1) is 0 Å². The van der Waals surface area contributed by atoms with Crippen LogP contribution in [-0.2, 0) is 17.8 Å². The number of nitrogens with zero attached hydrogens (tertiary/aromatic N) is 2. The lowest BCUT2D eigenvalue weighted by molar-refractivity contribution is -0.116. The van der Waals surface area contributed by atoms with E-state index >= 15 is 0 Å². The summed E-state index contributed by atoms with van der Waals surface area (Å²) in [6.45, 7) is 2.88. The van der Waals surface area contributed by atoms with Gasteiger partial charge in [-0.3, -0.25) is 9.59 Å². The molecule has 1 saturated carbocycles. The van der Waals surface area contributed by atoms with Crippen molar-refractivity contribution in [3.63, 3.8) is 0 Å². The molecule has 5 nitrogen and oxygen atoms in total. The number of methoxy groups -OCH3 is 1. The average Bonchev–Trinajstić information content (AvgIpc) is 3.43. The van der Waals surface area contributed by atoms with E-state index in [0.717, 1.165) is 41.8 Å². The topological polar surface area (TPSA) is 49.9 Å². The third kappa shape index (κ3) is 3.54. The summed E-state index contributed by atoms with van der Waals surface area (Å²) in [7, 11) is 1.65. The SMILES string of the molecule is COc1ccc(CN(C(=O)c2ccc3c(c2)CCN3C(C)=O)C2CC2)cc1. The van der Waals surface area contributed by atoms with Gasteiger partial charge in [-0.25, -0.2) is 0 Å². The Kier molecular flexibility index (Phi) is 4.60. The first-order valence-corrected chi connectivity index (χ1v) is 9.42. The zero-order valence-corrected chi connectivity index (χ0v) is 15.8. The number of carbonyl (C=O) groups is 2. The largest absolute Gasteiger partial charge is 0.497 e. The van der Waals surface area contributed by atoms with E-state index in [4.69, 9.17) is 4.74 Å². The molecule has 0 radical (unpaired) electrons. The minimum absolute atomic E-state index is 0.0481. The van der Waals surface area contributed by atoms with E-state index in [-0.39, 0.29) is 11.8 Å². The van der Waals surface area contributed by atoms with E-state index in [0.29, 0.717) is 24.7 Å². The number of amides is 2. The summed E-state index contributed by atoms with van der Waals surface area (Å²) in [5, 5.41) is 0. The Morgan fingerprint density at radius 2 is 1.89 bits per heavy atom. The van der Waals surface area contributed by atoms with Gasteiger partial charge in [0.2, 0.25) is 5.91 Å².